The van der Waals surface area contributed by atoms with Gasteiger partial charge in [-0.25, -0.2) is 4.99 Å². The van der Waals surface area contributed by atoms with E-state index in [1.165, 1.54) is 16.7 Å². The Bertz CT molecular complexity index is 829. The van der Waals surface area contributed by atoms with Crippen molar-refractivity contribution in [2.75, 3.05) is 33.7 Å². The molecular weight excluding hydrogens is 332 g/mol. The smallest absolute Gasteiger partial charge is 0.140 e. The molecule has 0 radical (unpaired) electrons. The van der Waals surface area contributed by atoms with Crippen molar-refractivity contribution in [2.45, 2.75) is 19.8 Å². The molecule has 3 rings (SSSR count). The molecule has 0 aromatic heterocycles. The molecule has 1 aromatic rings. The van der Waals surface area contributed by atoms with Gasteiger partial charge in [0, 0.05) is 31.9 Å². The molecule has 1 N–H and O–H groups in total. The molecule has 0 unspecified atom stereocenters. The Morgan fingerprint density at radius 3 is 2.78 bits per heavy atom. The van der Waals surface area contributed by atoms with Crippen LogP contribution in [0.1, 0.15) is 23.1 Å². The quantitative estimate of drug-likeness (QED) is 0.826. The van der Waals surface area contributed by atoms with Crippen LogP contribution in [0.15, 0.2) is 66.2 Å². The molecular formula is C23H30N4. The summed E-state index contributed by atoms with van der Waals surface area (Å²) in [6.07, 6.45) is 8.16. The van der Waals surface area contributed by atoms with Crippen LogP contribution in [-0.4, -0.2) is 49.2 Å². The van der Waals surface area contributed by atoms with Crippen LogP contribution in [0.3, 0.4) is 0 Å². The fourth-order valence-corrected chi connectivity index (χ4v) is 3.56. The van der Waals surface area contributed by atoms with Gasteiger partial charge in [0.1, 0.15) is 5.82 Å². The number of hydrogen-bond acceptors (Lipinski definition) is 4. The molecule has 0 fully saturated rings. The average molecular weight is 363 g/mol. The van der Waals surface area contributed by atoms with E-state index in [2.05, 4.69) is 55.5 Å². The van der Waals surface area contributed by atoms with Gasteiger partial charge in [-0.2, -0.15) is 0 Å². The Labute approximate surface area is 163 Å². The van der Waals surface area contributed by atoms with Crippen molar-refractivity contribution >= 4 is 11.3 Å². The van der Waals surface area contributed by atoms with Crippen molar-refractivity contribution in [3.63, 3.8) is 0 Å². The maximum atomic E-state index is 4.90. The van der Waals surface area contributed by atoms with Crippen molar-refractivity contribution < 1.29 is 0 Å². The maximum absolute atomic E-state index is 4.90. The minimum Gasteiger partial charge on any atom is -0.382 e. The van der Waals surface area contributed by atoms with Gasteiger partial charge in [0.15, 0.2) is 0 Å². The van der Waals surface area contributed by atoms with E-state index < -0.39 is 0 Å². The molecule has 142 valence electrons. The molecule has 0 amide bonds. The summed E-state index contributed by atoms with van der Waals surface area (Å²) < 4.78 is 0. The lowest BCUT2D eigenvalue weighted by atomic mass is 9.97. The largest absolute Gasteiger partial charge is 0.382 e. The minimum absolute atomic E-state index is 0.855. The van der Waals surface area contributed by atoms with Gasteiger partial charge in [-0.3, -0.25) is 0 Å². The Morgan fingerprint density at radius 1 is 1.19 bits per heavy atom. The van der Waals surface area contributed by atoms with Gasteiger partial charge in [-0.1, -0.05) is 43.0 Å². The number of fused-ring (bicyclic) bond motifs is 3. The van der Waals surface area contributed by atoms with E-state index in [9.17, 15) is 0 Å². The summed E-state index contributed by atoms with van der Waals surface area (Å²) >= 11 is 0. The first kappa shape index (κ1) is 19.2. The zero-order valence-corrected chi connectivity index (χ0v) is 16.8. The van der Waals surface area contributed by atoms with Crippen LogP contribution >= 0.6 is 0 Å². The first-order valence-corrected chi connectivity index (χ1v) is 9.57. The van der Waals surface area contributed by atoms with E-state index in [4.69, 9.17) is 4.99 Å². The van der Waals surface area contributed by atoms with Crippen molar-refractivity contribution in [1.82, 2.24) is 15.1 Å². The number of nitrogens with zero attached hydrogens (tertiary/aromatic N) is 3. The van der Waals surface area contributed by atoms with E-state index in [1.807, 2.05) is 30.3 Å². The Morgan fingerprint density at radius 2 is 2.00 bits per heavy atom. The third-order valence-electron chi connectivity index (χ3n) is 5.06. The number of hydrogen-bond donors (Lipinski definition) is 1. The normalized spacial score (nSPS) is 21.8. The second kappa shape index (κ2) is 8.40. The summed E-state index contributed by atoms with van der Waals surface area (Å²) in [4.78, 5) is 9.30. The van der Waals surface area contributed by atoms with Crippen molar-refractivity contribution in [2.24, 2.45) is 4.99 Å². The lowest BCUT2D eigenvalue weighted by Gasteiger charge is -2.24. The van der Waals surface area contributed by atoms with E-state index in [-0.39, 0.29) is 0 Å². The number of aliphatic imine (C=N–C) groups is 1. The van der Waals surface area contributed by atoms with Crippen molar-refractivity contribution in [3.05, 3.63) is 77.9 Å². The Kier molecular flexibility index (Phi) is 5.97. The molecule has 4 nitrogen and oxygen atoms in total. The summed E-state index contributed by atoms with van der Waals surface area (Å²) in [7, 11) is 4.19. The lowest BCUT2D eigenvalue weighted by molar-refractivity contribution is 0.332. The molecule has 0 saturated carbocycles. The number of likely N-dealkylation sites (N-methyl/N-ethyl adjacent to an activating group) is 1. The standard InChI is InChI=1S/C23H30N4/c1-6-21-20-15-17(2)14-19(16-20)8-7-11-26(4)13-10-24-18(3)22-9-12-27(5)23(21)25-22/h6,9,12,14-16,24H,1,3,7-8,10-11,13H2,2,4-5H3/b23-21+. The molecule has 2 heterocycles. The summed E-state index contributed by atoms with van der Waals surface area (Å²) in [5, 5.41) is 3.42. The third-order valence-corrected chi connectivity index (χ3v) is 5.06. The molecule has 4 bridgehead atoms. The highest BCUT2D eigenvalue weighted by Gasteiger charge is 2.16. The maximum Gasteiger partial charge on any atom is 0.140 e. The van der Waals surface area contributed by atoms with E-state index in [0.29, 0.717) is 0 Å². The minimum atomic E-state index is 0.855. The molecule has 0 spiro atoms. The fraction of sp³-hybridized carbons (Fsp3) is 0.348. The first-order valence-electron chi connectivity index (χ1n) is 9.57. The van der Waals surface area contributed by atoms with E-state index >= 15 is 0 Å². The van der Waals surface area contributed by atoms with Crippen LogP contribution in [-0.2, 0) is 6.42 Å². The van der Waals surface area contributed by atoms with Crippen molar-refractivity contribution in [3.8, 4) is 0 Å². The molecule has 1 aromatic carbocycles. The molecule has 2 aliphatic heterocycles. The van der Waals surface area contributed by atoms with Gasteiger partial charge in [0.25, 0.3) is 0 Å². The summed E-state index contributed by atoms with van der Waals surface area (Å²) in [5.41, 5.74) is 6.57. The third kappa shape index (κ3) is 4.58. The predicted molar refractivity (Wildman–Crippen MR) is 116 cm³/mol. The monoisotopic (exact) mass is 362 g/mol. The number of benzene rings is 1. The van der Waals surface area contributed by atoms with Gasteiger partial charge in [0.05, 0.1) is 11.4 Å². The molecule has 0 saturated heterocycles. The van der Waals surface area contributed by atoms with E-state index in [0.717, 1.165) is 55.3 Å². The van der Waals surface area contributed by atoms with Crippen LogP contribution < -0.4 is 5.32 Å². The van der Waals surface area contributed by atoms with E-state index in [1.54, 1.807) is 0 Å². The molecule has 4 heteroatoms. The molecule has 27 heavy (non-hydrogen) atoms. The molecule has 2 aliphatic rings. The van der Waals surface area contributed by atoms with Crippen LogP contribution in [0, 0.1) is 6.92 Å². The molecule has 0 atom stereocenters. The second-order valence-electron chi connectivity index (χ2n) is 7.38. The zero-order valence-electron chi connectivity index (χ0n) is 16.8. The van der Waals surface area contributed by atoms with Gasteiger partial charge in [0.2, 0.25) is 0 Å². The summed E-state index contributed by atoms with van der Waals surface area (Å²) in [5.74, 6) is 0.897. The van der Waals surface area contributed by atoms with Crippen LogP contribution in [0.2, 0.25) is 0 Å². The number of aryl methyl sites for hydroxylation is 2. The molecule has 0 aliphatic carbocycles. The number of allylic oxidation sites excluding steroid dienone is 3. The first-order chi connectivity index (χ1) is 13.0. The number of rotatable bonds is 1. The van der Waals surface area contributed by atoms with Crippen LogP contribution in [0.25, 0.3) is 5.57 Å². The second-order valence-corrected chi connectivity index (χ2v) is 7.38. The van der Waals surface area contributed by atoms with Gasteiger partial charge in [-0.05, 0) is 50.6 Å². The highest BCUT2D eigenvalue weighted by Crippen LogP contribution is 2.27. The van der Waals surface area contributed by atoms with Crippen LogP contribution in [0.5, 0.6) is 0 Å². The van der Waals surface area contributed by atoms with Crippen LogP contribution in [0.4, 0.5) is 0 Å². The Balaban J connectivity index is 2.11. The lowest BCUT2D eigenvalue weighted by Crippen LogP contribution is -2.31. The SMILES string of the molecule is C=C/C1=C2/N=C(C=CN2C)C(=C)NCCN(C)CCCc2cc(C)cc1c2. The van der Waals surface area contributed by atoms with Crippen molar-refractivity contribution in [1.29, 1.82) is 0 Å². The Hall–Kier alpha value is -2.59. The summed E-state index contributed by atoms with van der Waals surface area (Å²) in [6.45, 7) is 13.3. The zero-order chi connectivity index (χ0) is 19.4. The highest BCUT2D eigenvalue weighted by molar-refractivity contribution is 6.09. The average Bonchev–Trinajstić information content (AvgIpc) is 2.63. The topological polar surface area (TPSA) is 30.9 Å². The number of nitrogens with one attached hydrogen (secondary N) is 1. The highest BCUT2D eigenvalue weighted by atomic mass is 15.2. The fourth-order valence-electron chi connectivity index (χ4n) is 3.56. The summed E-state index contributed by atoms with van der Waals surface area (Å²) in [6, 6.07) is 6.78. The van der Waals surface area contributed by atoms with Gasteiger partial charge < -0.3 is 15.1 Å². The predicted octanol–water partition coefficient (Wildman–Crippen LogP) is 3.73. The van der Waals surface area contributed by atoms with Gasteiger partial charge in [-0.15, -0.1) is 0 Å². The van der Waals surface area contributed by atoms with Gasteiger partial charge >= 0.3 is 0 Å².